The third kappa shape index (κ3) is 62.8. The van der Waals surface area contributed by atoms with Crippen LogP contribution < -0.4 is 0 Å². The maximum atomic E-state index is 12.9. The van der Waals surface area contributed by atoms with Crippen LogP contribution in [0.4, 0.5) is 0 Å². The fraction of sp³-hybridized carbons (Fsp3) is 0.609. The number of hydrogen-bond acceptors (Lipinski definition) is 14. The van der Waals surface area contributed by atoms with Crippen molar-refractivity contribution in [1.29, 1.82) is 0 Å². The van der Waals surface area contributed by atoms with Crippen LogP contribution in [0.1, 0.15) is 213 Å². The van der Waals surface area contributed by atoms with E-state index in [0.29, 0.717) is 19.3 Å². The van der Waals surface area contributed by atoms with E-state index < -0.39 is 91.5 Å². The molecule has 0 heterocycles. The number of phosphoric acid groups is 2. The number of allylic oxidation sites excluding steroid dienone is 24. The molecule has 0 aromatic heterocycles. The molecule has 18 heteroatoms. The summed E-state index contributed by atoms with van der Waals surface area (Å²) in [6.07, 6.45) is 71.9. The molecule has 0 fully saturated rings. The Bertz CT molecular complexity index is 2170. The summed E-state index contributed by atoms with van der Waals surface area (Å²) in [6, 6.07) is 0. The van der Waals surface area contributed by atoms with Gasteiger partial charge in [0.15, 0.2) is 6.10 Å². The molecule has 0 aromatic carbocycles. The summed E-state index contributed by atoms with van der Waals surface area (Å²) in [7, 11) is -9.80. The van der Waals surface area contributed by atoms with E-state index in [4.69, 9.17) is 32.3 Å². The highest BCUT2D eigenvalue weighted by Gasteiger charge is 2.29. The lowest BCUT2D eigenvalue weighted by Crippen LogP contribution is -2.30. The zero-order valence-electron chi connectivity index (χ0n) is 53.1. The van der Waals surface area contributed by atoms with E-state index in [1.54, 1.807) is 0 Å². The van der Waals surface area contributed by atoms with Crippen LogP contribution in [0.3, 0.4) is 0 Å². The quantitative estimate of drug-likeness (QED) is 0.0146. The molecule has 0 aliphatic rings. The zero-order chi connectivity index (χ0) is 63.8. The SMILES string of the molecule is CC/C=C\C/C=C\C/C=C\C/C=C\C/C=C\CCCCCC(=O)OCC(O)COP(=O)(O)OCC(O)COP(=O)(O)OCC(COC(=O)CCCCCC/C=C\C/C=C\C/C=C\C/C=C\CC)OC(=O)CCCCCCC/C=C\C/C=C\C/C=C\CC. The van der Waals surface area contributed by atoms with Crippen molar-refractivity contribution in [1.82, 2.24) is 0 Å². The van der Waals surface area contributed by atoms with Crippen molar-refractivity contribution in [3.05, 3.63) is 146 Å². The lowest BCUT2D eigenvalue weighted by molar-refractivity contribution is -0.161. The van der Waals surface area contributed by atoms with Gasteiger partial charge in [0.2, 0.25) is 0 Å². The van der Waals surface area contributed by atoms with Crippen molar-refractivity contribution in [3.8, 4) is 0 Å². The summed E-state index contributed by atoms with van der Waals surface area (Å²) < 4.78 is 60.7. The number of esters is 3. The molecule has 0 aliphatic carbocycles. The van der Waals surface area contributed by atoms with E-state index in [2.05, 4.69) is 167 Å². The summed E-state index contributed by atoms with van der Waals surface area (Å²) in [5, 5.41) is 20.5. The second-order valence-corrected chi connectivity index (χ2v) is 23.7. The van der Waals surface area contributed by atoms with Crippen molar-refractivity contribution in [2.75, 3.05) is 39.6 Å². The number of unbranched alkanes of at least 4 members (excludes halogenated alkanes) is 12. The number of carbonyl (C=O) groups excluding carboxylic acids is 3. The second-order valence-electron chi connectivity index (χ2n) is 20.8. The van der Waals surface area contributed by atoms with Crippen LogP contribution in [0.5, 0.6) is 0 Å². The number of aliphatic hydroxyl groups is 2. The Morgan fingerprint density at radius 2 is 0.575 bits per heavy atom. The molecular formula is C69H112O16P2. The predicted molar refractivity (Wildman–Crippen MR) is 352 cm³/mol. The predicted octanol–water partition coefficient (Wildman–Crippen LogP) is 17.4. The summed E-state index contributed by atoms with van der Waals surface area (Å²) in [4.78, 5) is 58.3. The minimum atomic E-state index is -4.94. The molecule has 0 saturated heterocycles. The molecule has 87 heavy (non-hydrogen) atoms. The van der Waals surface area contributed by atoms with Gasteiger partial charge < -0.3 is 34.2 Å². The topological polar surface area (TPSA) is 231 Å². The van der Waals surface area contributed by atoms with Gasteiger partial charge in [-0.15, -0.1) is 0 Å². The second kappa shape index (κ2) is 61.7. The maximum Gasteiger partial charge on any atom is 0.472 e. The zero-order valence-corrected chi connectivity index (χ0v) is 54.9. The lowest BCUT2D eigenvalue weighted by atomic mass is 10.1. The van der Waals surface area contributed by atoms with Gasteiger partial charge in [0.1, 0.15) is 25.4 Å². The Hall–Kier alpha value is -4.57. The Kier molecular flexibility index (Phi) is 58.4. The monoisotopic (exact) mass is 1260 g/mol. The van der Waals surface area contributed by atoms with Gasteiger partial charge in [-0.1, -0.05) is 205 Å². The number of carbonyl (C=O) groups is 3. The molecule has 0 bridgehead atoms. The highest BCUT2D eigenvalue weighted by atomic mass is 31.2. The Morgan fingerprint density at radius 1 is 0.322 bits per heavy atom. The van der Waals surface area contributed by atoms with Gasteiger partial charge in [-0.2, -0.15) is 0 Å². The van der Waals surface area contributed by atoms with E-state index in [-0.39, 0.29) is 19.3 Å². The number of aliphatic hydroxyl groups excluding tert-OH is 2. The smallest absolute Gasteiger partial charge is 0.463 e. The number of rotatable bonds is 59. The maximum absolute atomic E-state index is 12.9. The van der Waals surface area contributed by atoms with Crippen molar-refractivity contribution in [2.24, 2.45) is 0 Å². The molecule has 0 saturated carbocycles. The fourth-order valence-electron chi connectivity index (χ4n) is 7.72. The number of hydrogen-bond donors (Lipinski definition) is 4. The summed E-state index contributed by atoms with van der Waals surface area (Å²) in [6.45, 7) is 2.19. The van der Waals surface area contributed by atoms with Gasteiger partial charge in [-0.25, -0.2) is 9.13 Å². The molecule has 5 atom stereocenters. The van der Waals surface area contributed by atoms with Crippen LogP contribution in [0.25, 0.3) is 0 Å². The molecule has 5 unspecified atom stereocenters. The van der Waals surface area contributed by atoms with Crippen LogP contribution in [0, 0.1) is 0 Å². The Morgan fingerprint density at radius 3 is 0.920 bits per heavy atom. The first-order chi connectivity index (χ1) is 42.2. The fourth-order valence-corrected chi connectivity index (χ4v) is 9.30. The molecule has 16 nitrogen and oxygen atoms in total. The highest BCUT2D eigenvalue weighted by Crippen LogP contribution is 2.45. The Balaban J connectivity index is 4.77. The average molecular weight is 1260 g/mol. The number of phosphoric ester groups is 2. The van der Waals surface area contributed by atoms with Gasteiger partial charge in [-0.05, 0) is 135 Å². The summed E-state index contributed by atoms with van der Waals surface area (Å²) in [5.74, 6) is -1.67. The summed E-state index contributed by atoms with van der Waals surface area (Å²) in [5.41, 5.74) is 0. The highest BCUT2D eigenvalue weighted by molar-refractivity contribution is 7.47. The molecule has 0 aliphatic heterocycles. The molecule has 0 rings (SSSR count). The Labute approximate surface area is 524 Å². The van der Waals surface area contributed by atoms with Crippen LogP contribution in [-0.4, -0.2) is 95.9 Å². The van der Waals surface area contributed by atoms with Crippen LogP contribution in [-0.2, 0) is 55.8 Å². The van der Waals surface area contributed by atoms with Crippen LogP contribution in [0.15, 0.2) is 146 Å². The minimum Gasteiger partial charge on any atom is -0.463 e. The van der Waals surface area contributed by atoms with Gasteiger partial charge >= 0.3 is 33.6 Å². The normalized spacial score (nSPS) is 15.3. The molecule has 0 aromatic rings. The molecule has 0 radical (unpaired) electrons. The molecular weight excluding hydrogens is 1150 g/mol. The van der Waals surface area contributed by atoms with E-state index in [0.717, 1.165) is 154 Å². The van der Waals surface area contributed by atoms with Crippen molar-refractivity contribution in [3.63, 3.8) is 0 Å². The molecule has 0 amide bonds. The summed E-state index contributed by atoms with van der Waals surface area (Å²) >= 11 is 0. The first-order valence-corrected chi connectivity index (χ1v) is 35.1. The van der Waals surface area contributed by atoms with E-state index in [9.17, 15) is 43.5 Å². The first-order valence-electron chi connectivity index (χ1n) is 32.1. The lowest BCUT2D eigenvalue weighted by Gasteiger charge is -2.21. The average Bonchev–Trinajstić information content (AvgIpc) is 3.68. The standard InChI is InChI=1S/C69H112O16P2/c1-4-7-10-13-16-19-22-25-28-30-31-33-36-37-40-43-46-49-52-55-67(72)79-58-64(70)59-81-86(75,76)82-60-65(71)61-83-87(77,78)84-63-66(85-69(74)57-54-51-48-45-42-39-34-27-24-21-18-15-12-9-6-3)62-80-68(73)56-53-50-47-44-41-38-35-32-29-26-23-20-17-14-11-8-5-2/h7-12,16-21,25-29,31,33-35,37-38,40,64-66,70-71H,4-6,13-15,22-24,30,32,36,39,41-63H2,1-3H3,(H,75,76)(H,77,78)/b10-7-,11-8-,12-9-,19-16-,20-17-,21-18-,28-25-,29-26-,33-31-,34-27-,38-35-,40-37-. The molecule has 494 valence electrons. The minimum absolute atomic E-state index is 0.0731. The first kappa shape index (κ1) is 82.4. The van der Waals surface area contributed by atoms with Crippen LogP contribution >= 0.6 is 15.6 Å². The van der Waals surface area contributed by atoms with E-state index in [1.165, 1.54) is 0 Å². The van der Waals surface area contributed by atoms with Gasteiger partial charge in [0, 0.05) is 19.3 Å². The molecule has 0 spiro atoms. The van der Waals surface area contributed by atoms with Gasteiger partial charge in [0.25, 0.3) is 0 Å². The van der Waals surface area contributed by atoms with Crippen molar-refractivity contribution < 1.29 is 75.8 Å². The van der Waals surface area contributed by atoms with E-state index >= 15 is 0 Å². The van der Waals surface area contributed by atoms with Crippen LogP contribution in [0.2, 0.25) is 0 Å². The largest absolute Gasteiger partial charge is 0.472 e. The van der Waals surface area contributed by atoms with Gasteiger partial charge in [-0.3, -0.25) is 32.5 Å². The number of ether oxygens (including phenoxy) is 3. The van der Waals surface area contributed by atoms with Gasteiger partial charge in [0.05, 0.1) is 26.4 Å². The van der Waals surface area contributed by atoms with Crippen molar-refractivity contribution in [2.45, 2.75) is 232 Å². The molecule has 4 N–H and O–H groups in total. The van der Waals surface area contributed by atoms with Crippen molar-refractivity contribution >= 4 is 33.6 Å². The van der Waals surface area contributed by atoms with E-state index in [1.807, 2.05) is 0 Å². The third-order valence-corrected chi connectivity index (χ3v) is 14.4. The third-order valence-electron chi connectivity index (χ3n) is 12.5.